The predicted octanol–water partition coefficient (Wildman–Crippen LogP) is 6.04. The van der Waals surface area contributed by atoms with Gasteiger partial charge in [-0.1, -0.05) is 0 Å². The van der Waals surface area contributed by atoms with Gasteiger partial charge in [0.1, 0.15) is 0 Å². The van der Waals surface area contributed by atoms with E-state index in [1.807, 2.05) is 62.3 Å². The Morgan fingerprint density at radius 2 is 0.301 bits per heavy atom. The minimum atomic E-state index is -4.38. The average Bonchev–Trinajstić information content (AvgIpc) is 0.761. The molecule has 0 bridgehead atoms. The molecule has 606 valence electrons. The summed E-state index contributed by atoms with van der Waals surface area (Å²) in [4.78, 5) is 17.2. The molecule has 7 aliphatic heterocycles. The zero-order chi connectivity index (χ0) is 73.1. The largest absolute Gasteiger partial charge is 0.493 e. The minimum Gasteiger partial charge on any atom is -0.379 e. The van der Waals surface area contributed by atoms with E-state index in [1.165, 1.54) is 0 Å². The van der Waals surface area contributed by atoms with Crippen molar-refractivity contribution < 1.29 is 97.7 Å². The Kier molecular flexibility index (Phi) is 45.0. The monoisotopic (exact) mass is 1590 g/mol. The topological polar surface area (TPSA) is 226 Å². The highest BCUT2D eigenvalue weighted by atomic mass is 28.5. The molecule has 29 nitrogen and oxygen atoms in total. The Labute approximate surface area is 629 Å². The van der Waals surface area contributed by atoms with Crippen molar-refractivity contribution in [1.29, 1.82) is 0 Å². The van der Waals surface area contributed by atoms with Gasteiger partial charge in [-0.25, -0.2) is 0 Å². The Balaban J connectivity index is 1.43. The van der Waals surface area contributed by atoms with Gasteiger partial charge in [0.2, 0.25) is 0 Å². The molecular formula is C67H143N7O22Si7. The van der Waals surface area contributed by atoms with Gasteiger partial charge < -0.3 is 97.7 Å². The van der Waals surface area contributed by atoms with Crippen LogP contribution < -0.4 is 0 Å². The first-order valence-electron chi connectivity index (χ1n) is 40.4. The summed E-state index contributed by atoms with van der Waals surface area (Å²) in [6, 6.07) is 3.15. The number of nitrogens with zero attached hydrogens (tertiary/aromatic N) is 7. The molecule has 0 N–H and O–H groups in total. The quantitative estimate of drug-likeness (QED) is 0.0633. The molecule has 103 heavy (non-hydrogen) atoms. The molecule has 7 saturated heterocycles. The van der Waals surface area contributed by atoms with Crippen LogP contribution in [0.3, 0.4) is 0 Å². The molecule has 0 aliphatic carbocycles. The van der Waals surface area contributed by atoms with E-state index in [4.69, 9.17) is 97.7 Å². The second-order valence-corrected chi connectivity index (χ2v) is 47.8. The lowest BCUT2D eigenvalue weighted by Gasteiger charge is -2.48. The summed E-state index contributed by atoms with van der Waals surface area (Å²) in [6.45, 7) is 47.8. The molecule has 0 aromatic rings. The van der Waals surface area contributed by atoms with Crippen LogP contribution in [0.2, 0.25) is 42.3 Å². The van der Waals surface area contributed by atoms with Crippen molar-refractivity contribution in [1.82, 2.24) is 34.3 Å². The Bertz CT molecular complexity index is 2010. The molecule has 0 spiro atoms. The minimum absolute atomic E-state index is 0.244. The molecule has 7 rings (SSSR count). The Hall–Kier alpha value is 0.358. The van der Waals surface area contributed by atoms with Gasteiger partial charge in [-0.3, -0.25) is 34.3 Å². The molecule has 0 saturated carbocycles. The molecule has 0 aromatic carbocycles. The smallest absolute Gasteiger partial charge is 0.379 e. The van der Waals surface area contributed by atoms with Crippen LogP contribution >= 0.6 is 0 Å². The molecule has 0 amide bonds. The molecule has 4 atom stereocenters. The molecule has 36 heteroatoms. The normalized spacial score (nSPS) is 22.9. The summed E-state index contributed by atoms with van der Waals surface area (Å²) in [7, 11) is -28.7. The van der Waals surface area contributed by atoms with E-state index in [1.54, 1.807) is 0 Å². The fourth-order valence-electron chi connectivity index (χ4n) is 14.7. The highest BCUT2D eigenvalue weighted by molar-refractivity contribution is 6.88. The lowest BCUT2D eigenvalue weighted by Crippen LogP contribution is -2.71. The third-order valence-electron chi connectivity index (χ3n) is 19.6. The summed E-state index contributed by atoms with van der Waals surface area (Å²) in [5.74, 6) is 0. The van der Waals surface area contributed by atoms with Crippen LogP contribution in [0, 0.1) is 0 Å². The summed E-state index contributed by atoms with van der Waals surface area (Å²) in [5.41, 5.74) is 0. The second kappa shape index (κ2) is 51.2. The van der Waals surface area contributed by atoms with E-state index in [2.05, 4.69) is 34.3 Å². The van der Waals surface area contributed by atoms with Crippen molar-refractivity contribution in [2.75, 3.05) is 289 Å². The number of rotatable bonds is 58. The fraction of sp³-hybridized carbons (Fsp3) is 1.00. The van der Waals surface area contributed by atoms with Gasteiger partial charge in [-0.2, -0.15) is 0 Å². The first-order chi connectivity index (χ1) is 50.3. The highest BCUT2D eigenvalue weighted by Gasteiger charge is 2.67. The van der Waals surface area contributed by atoms with Crippen LogP contribution in [0.5, 0.6) is 0 Å². The molecule has 4 unspecified atom stereocenters. The van der Waals surface area contributed by atoms with Crippen molar-refractivity contribution in [2.45, 2.75) is 150 Å². The van der Waals surface area contributed by atoms with Gasteiger partial charge in [0, 0.05) is 193 Å². The van der Waals surface area contributed by atoms with E-state index in [-0.39, 0.29) is 19.8 Å². The summed E-state index contributed by atoms with van der Waals surface area (Å²) in [5, 5.41) is 0. The Morgan fingerprint density at radius 3 is 0.437 bits per heavy atom. The lowest BCUT2D eigenvalue weighted by atomic mass is 10.3. The number of morpholine rings is 7. The van der Waals surface area contributed by atoms with Crippen LogP contribution in [0.25, 0.3) is 0 Å². The van der Waals surface area contributed by atoms with Crippen LogP contribution in [-0.2, 0) is 97.7 Å². The number of hydrogen-bond donors (Lipinski definition) is 0. The van der Waals surface area contributed by atoms with E-state index in [0.717, 1.165) is 150 Å². The molecule has 7 fully saturated rings. The van der Waals surface area contributed by atoms with Gasteiger partial charge in [0.25, 0.3) is 0 Å². The van der Waals surface area contributed by atoms with Crippen LogP contribution in [0.15, 0.2) is 0 Å². The molecule has 0 aromatic heterocycles. The first-order valence-corrected chi connectivity index (χ1v) is 53.9. The Morgan fingerprint density at radius 1 is 0.184 bits per heavy atom. The maximum absolute atomic E-state index is 8.47. The molecule has 7 aliphatic rings. The van der Waals surface area contributed by atoms with Gasteiger partial charge in [0.05, 0.1) is 92.5 Å². The maximum Gasteiger partial charge on any atom is 0.493 e. The summed E-state index contributed by atoms with van der Waals surface area (Å²) in [6.07, 6.45) is 4.94. The average molecular weight is 1600 g/mol. The van der Waals surface area contributed by atoms with E-state index >= 15 is 0 Å². The zero-order valence-electron chi connectivity index (χ0n) is 65.6. The third-order valence-corrected chi connectivity index (χ3v) is 47.8. The van der Waals surface area contributed by atoms with Crippen molar-refractivity contribution in [3.63, 3.8) is 0 Å². The summed E-state index contributed by atoms with van der Waals surface area (Å²) >= 11 is 0. The highest BCUT2D eigenvalue weighted by Crippen LogP contribution is 2.41. The van der Waals surface area contributed by atoms with Crippen molar-refractivity contribution in [3.05, 3.63) is 0 Å². The van der Waals surface area contributed by atoms with Gasteiger partial charge in [-0.05, 0) is 153 Å². The standard InChI is InChI=1S/C67H143N7O22Si7/c1-10-82-97(83-11-2,61-19-26-68-33-47-75-48-34-68)91-99(86-14-5,63-21-28-70-37-51-77-52-38-70)93-101(88-16-7,65-23-30-72-41-55-79-56-42-72)95-103(90-18-9,67-25-32-74-45-59-81-60-46-74)96-102(89-17-8,66-24-31-73-43-57-80-58-44-73)94-100(87-15-6,64-22-29-71-39-53-78-54-40-71)92-98(84-12-3,85-13-4)62-20-27-69-35-49-76-50-36-69/h10-67H2,1-9H3. The van der Waals surface area contributed by atoms with E-state index in [0.29, 0.717) is 207 Å². The number of ether oxygens (including phenoxy) is 7. The number of hydrogen-bond acceptors (Lipinski definition) is 29. The van der Waals surface area contributed by atoms with E-state index < -0.39 is 61.6 Å². The summed E-state index contributed by atoms with van der Waals surface area (Å²) < 4.78 is 156. The first kappa shape index (κ1) is 90.5. The van der Waals surface area contributed by atoms with Crippen LogP contribution in [0.1, 0.15) is 107 Å². The maximum atomic E-state index is 8.47. The molecule has 0 radical (unpaired) electrons. The zero-order valence-corrected chi connectivity index (χ0v) is 72.6. The predicted molar refractivity (Wildman–Crippen MR) is 408 cm³/mol. The SMILES string of the molecule is CCO[Si](CCCN1CCOCC1)(OCC)O[Si](CCCN1CCOCC1)(OCC)O[Si](CCCN1CCOCC1)(OCC)O[Si](CCCN1CCOCC1)(OCC)O[Si](CCCN1CCOCC1)(OCC)O[Si](CCCN1CCOCC1)(OCC)O[Si](CCCN1CCOCC1)(OCC)OCC. The molecular weight excluding hydrogens is 1450 g/mol. The van der Waals surface area contributed by atoms with E-state index in [9.17, 15) is 0 Å². The van der Waals surface area contributed by atoms with Gasteiger partial charge in [-0.15, -0.1) is 0 Å². The van der Waals surface area contributed by atoms with Gasteiger partial charge in [0.15, 0.2) is 0 Å². The van der Waals surface area contributed by atoms with Crippen molar-refractivity contribution >= 4 is 61.6 Å². The van der Waals surface area contributed by atoms with Crippen LogP contribution in [-0.4, -0.2) is 385 Å². The lowest BCUT2D eigenvalue weighted by molar-refractivity contribution is 0.0217. The third kappa shape index (κ3) is 32.8. The molecule has 7 heterocycles. The van der Waals surface area contributed by atoms with Crippen molar-refractivity contribution in [2.24, 2.45) is 0 Å². The fourth-order valence-corrected chi connectivity index (χ4v) is 46.5. The van der Waals surface area contributed by atoms with Crippen molar-refractivity contribution in [3.8, 4) is 0 Å². The van der Waals surface area contributed by atoms with Crippen LogP contribution in [0.4, 0.5) is 0 Å². The van der Waals surface area contributed by atoms with Gasteiger partial charge >= 0.3 is 61.6 Å². The second-order valence-electron chi connectivity index (χ2n) is 27.2.